The first-order valence-corrected chi connectivity index (χ1v) is 9.74. The molecule has 2 bridgehead atoms. The normalized spacial score (nSPS) is 28.0. The molecule has 2 heterocycles. The van der Waals surface area contributed by atoms with Crippen LogP contribution in [-0.4, -0.2) is 60.2 Å². The Bertz CT molecular complexity index is 918. The molecule has 2 aliphatic rings. The van der Waals surface area contributed by atoms with Crippen LogP contribution >= 0.6 is 0 Å². The molecular formula is C23H23NO6. The second-order valence-corrected chi connectivity index (χ2v) is 7.34. The van der Waals surface area contributed by atoms with Crippen LogP contribution in [0.3, 0.4) is 0 Å². The van der Waals surface area contributed by atoms with Gasteiger partial charge < -0.3 is 24.6 Å². The van der Waals surface area contributed by atoms with E-state index >= 15 is 0 Å². The van der Waals surface area contributed by atoms with Crippen molar-refractivity contribution in [2.75, 3.05) is 13.2 Å². The quantitative estimate of drug-likeness (QED) is 0.534. The molecule has 2 aromatic rings. The van der Waals surface area contributed by atoms with Gasteiger partial charge >= 0.3 is 5.97 Å². The topological polar surface area (TPSA) is 94.1 Å². The van der Waals surface area contributed by atoms with Gasteiger partial charge in [0, 0.05) is 12.1 Å². The second kappa shape index (κ2) is 8.39. The minimum absolute atomic E-state index is 0.0563. The molecule has 0 aliphatic carbocycles. The van der Waals surface area contributed by atoms with E-state index in [1.807, 2.05) is 6.07 Å². The fourth-order valence-corrected chi connectivity index (χ4v) is 3.91. The summed E-state index contributed by atoms with van der Waals surface area (Å²) in [6.07, 6.45) is -1.73. The first-order chi connectivity index (χ1) is 14.5. The molecule has 0 aromatic heterocycles. The zero-order valence-electron chi connectivity index (χ0n) is 16.3. The van der Waals surface area contributed by atoms with Crippen molar-refractivity contribution < 1.29 is 28.9 Å². The summed E-state index contributed by atoms with van der Waals surface area (Å²) in [4.78, 5) is 24.8. The van der Waals surface area contributed by atoms with Crippen LogP contribution in [0.1, 0.15) is 20.7 Å². The lowest BCUT2D eigenvalue weighted by Crippen LogP contribution is -2.53. The van der Waals surface area contributed by atoms with Crippen LogP contribution in [0.25, 0.3) is 0 Å². The van der Waals surface area contributed by atoms with Crippen molar-refractivity contribution >= 4 is 11.9 Å². The van der Waals surface area contributed by atoms with E-state index in [2.05, 4.69) is 11.9 Å². The number of carbonyl (C=O) groups excluding carboxylic acids is 2. The molecule has 2 aliphatic heterocycles. The average Bonchev–Trinajstić information content (AvgIpc) is 3.26. The van der Waals surface area contributed by atoms with Gasteiger partial charge in [-0.3, -0.25) is 4.79 Å². The molecule has 0 spiro atoms. The zero-order chi connectivity index (χ0) is 21.1. The molecule has 1 unspecified atom stereocenters. The molecule has 4 rings (SSSR count). The molecule has 0 saturated carbocycles. The summed E-state index contributed by atoms with van der Waals surface area (Å²) in [5, 5.41) is 13.6. The summed E-state index contributed by atoms with van der Waals surface area (Å²) in [5.74, 6) is -0.795. The number of benzene rings is 2. The SMILES string of the molecule is C=C[C@H](OC(=O)c1ccccc1)[C@@]12CO[C@@H](C(CNC(=O)c3ccccc3)O1)[C@@H]2O. The number of ether oxygens (including phenoxy) is 3. The van der Waals surface area contributed by atoms with E-state index in [-0.39, 0.29) is 19.1 Å². The number of aliphatic hydroxyl groups excluding tert-OH is 1. The third-order valence-electron chi connectivity index (χ3n) is 5.49. The van der Waals surface area contributed by atoms with Crippen LogP contribution in [-0.2, 0) is 14.2 Å². The zero-order valence-corrected chi connectivity index (χ0v) is 16.3. The van der Waals surface area contributed by atoms with E-state index in [9.17, 15) is 14.7 Å². The molecule has 2 fully saturated rings. The van der Waals surface area contributed by atoms with Gasteiger partial charge in [0.05, 0.1) is 12.2 Å². The van der Waals surface area contributed by atoms with Crippen molar-refractivity contribution in [1.29, 1.82) is 0 Å². The molecule has 2 aromatic carbocycles. The minimum atomic E-state index is -1.26. The van der Waals surface area contributed by atoms with Crippen LogP contribution in [0.15, 0.2) is 73.3 Å². The lowest BCUT2D eigenvalue weighted by atomic mass is 9.92. The molecule has 7 heteroatoms. The van der Waals surface area contributed by atoms with Gasteiger partial charge in [-0.15, -0.1) is 0 Å². The summed E-state index contributed by atoms with van der Waals surface area (Å²) < 4.78 is 17.4. The van der Waals surface area contributed by atoms with E-state index < -0.39 is 36.0 Å². The number of esters is 1. The predicted molar refractivity (Wildman–Crippen MR) is 108 cm³/mol. The van der Waals surface area contributed by atoms with Gasteiger partial charge in [0.1, 0.15) is 18.3 Å². The van der Waals surface area contributed by atoms with Gasteiger partial charge in [-0.1, -0.05) is 43.0 Å². The number of amides is 1. The largest absolute Gasteiger partial charge is 0.451 e. The number of rotatable bonds is 7. The van der Waals surface area contributed by atoms with E-state index in [1.165, 1.54) is 6.08 Å². The fourth-order valence-electron chi connectivity index (χ4n) is 3.91. The Morgan fingerprint density at radius 3 is 2.43 bits per heavy atom. The first kappa shape index (κ1) is 20.3. The smallest absolute Gasteiger partial charge is 0.338 e. The minimum Gasteiger partial charge on any atom is -0.451 e. The Balaban J connectivity index is 1.43. The van der Waals surface area contributed by atoms with E-state index in [4.69, 9.17) is 14.2 Å². The Morgan fingerprint density at radius 1 is 1.17 bits per heavy atom. The number of hydrogen-bond donors (Lipinski definition) is 2. The molecule has 2 N–H and O–H groups in total. The Morgan fingerprint density at radius 2 is 1.80 bits per heavy atom. The molecular weight excluding hydrogens is 386 g/mol. The van der Waals surface area contributed by atoms with Crippen LogP contribution < -0.4 is 5.32 Å². The highest BCUT2D eigenvalue weighted by atomic mass is 16.7. The molecule has 5 atom stereocenters. The van der Waals surface area contributed by atoms with Gasteiger partial charge in [0.25, 0.3) is 5.91 Å². The maximum absolute atomic E-state index is 12.5. The lowest BCUT2D eigenvalue weighted by molar-refractivity contribution is -0.176. The number of hydrogen-bond acceptors (Lipinski definition) is 6. The first-order valence-electron chi connectivity index (χ1n) is 9.74. The van der Waals surface area contributed by atoms with E-state index in [1.54, 1.807) is 54.6 Å². The Hall–Kier alpha value is -3.00. The molecule has 0 radical (unpaired) electrons. The van der Waals surface area contributed by atoms with Gasteiger partial charge in [0.15, 0.2) is 11.7 Å². The second-order valence-electron chi connectivity index (χ2n) is 7.34. The van der Waals surface area contributed by atoms with Crippen molar-refractivity contribution in [3.63, 3.8) is 0 Å². The van der Waals surface area contributed by atoms with Gasteiger partial charge in [0.2, 0.25) is 0 Å². The van der Waals surface area contributed by atoms with Gasteiger partial charge in [-0.05, 0) is 30.3 Å². The Kier molecular flexibility index (Phi) is 5.67. The third kappa shape index (κ3) is 3.63. The number of aliphatic hydroxyl groups is 1. The number of carbonyl (C=O) groups is 2. The monoisotopic (exact) mass is 409 g/mol. The lowest BCUT2D eigenvalue weighted by Gasteiger charge is -2.35. The van der Waals surface area contributed by atoms with Crippen molar-refractivity contribution in [1.82, 2.24) is 5.32 Å². The van der Waals surface area contributed by atoms with Crippen molar-refractivity contribution in [3.05, 3.63) is 84.4 Å². The van der Waals surface area contributed by atoms with Crippen molar-refractivity contribution in [3.8, 4) is 0 Å². The van der Waals surface area contributed by atoms with Gasteiger partial charge in [-0.25, -0.2) is 4.79 Å². The highest BCUT2D eigenvalue weighted by Crippen LogP contribution is 2.43. The van der Waals surface area contributed by atoms with Crippen LogP contribution in [0.5, 0.6) is 0 Å². The standard InChI is InChI=1S/C23H23NO6/c1-2-18(29-22(27)16-11-7-4-8-12-16)23-14-28-19(20(23)25)17(30-23)13-24-21(26)15-9-5-3-6-10-15/h2-12,17-20,25H,1,13-14H2,(H,24,26)/t17?,18-,19-,20-,23+/m0/s1. The molecule has 30 heavy (non-hydrogen) atoms. The summed E-state index contributed by atoms with van der Waals surface area (Å²) >= 11 is 0. The summed E-state index contributed by atoms with van der Waals surface area (Å²) in [7, 11) is 0. The maximum Gasteiger partial charge on any atom is 0.338 e. The molecule has 1 amide bonds. The van der Waals surface area contributed by atoms with Crippen LogP contribution in [0, 0.1) is 0 Å². The summed E-state index contributed by atoms with van der Waals surface area (Å²) in [5.41, 5.74) is -0.355. The molecule has 156 valence electrons. The maximum atomic E-state index is 12.5. The van der Waals surface area contributed by atoms with Crippen LogP contribution in [0.2, 0.25) is 0 Å². The highest BCUT2D eigenvalue weighted by molar-refractivity contribution is 5.94. The third-order valence-corrected chi connectivity index (χ3v) is 5.49. The Labute approximate surface area is 174 Å². The van der Waals surface area contributed by atoms with Gasteiger partial charge in [-0.2, -0.15) is 0 Å². The number of nitrogens with one attached hydrogen (secondary N) is 1. The molecule has 7 nitrogen and oxygen atoms in total. The molecule has 2 saturated heterocycles. The predicted octanol–water partition coefficient (Wildman–Crippen LogP) is 1.73. The summed E-state index contributed by atoms with van der Waals surface area (Å²) in [6.45, 7) is 3.95. The fraction of sp³-hybridized carbons (Fsp3) is 0.304. The number of fused-ring (bicyclic) bond motifs is 2. The highest BCUT2D eigenvalue weighted by Gasteiger charge is 2.65. The van der Waals surface area contributed by atoms with E-state index in [0.29, 0.717) is 11.1 Å². The van der Waals surface area contributed by atoms with E-state index in [0.717, 1.165) is 0 Å². The average molecular weight is 409 g/mol. The summed E-state index contributed by atoms with van der Waals surface area (Å²) in [6, 6.07) is 17.4. The van der Waals surface area contributed by atoms with Crippen molar-refractivity contribution in [2.45, 2.75) is 30.0 Å². The van der Waals surface area contributed by atoms with Crippen molar-refractivity contribution in [2.24, 2.45) is 0 Å². The van der Waals surface area contributed by atoms with Crippen LogP contribution in [0.4, 0.5) is 0 Å².